The molecule has 2 heterocycles. The van der Waals surface area contributed by atoms with Gasteiger partial charge in [-0.3, -0.25) is 4.79 Å². The van der Waals surface area contributed by atoms with Crippen LogP contribution in [0.4, 0.5) is 21.6 Å². The van der Waals surface area contributed by atoms with E-state index < -0.39 is 0 Å². The highest BCUT2D eigenvalue weighted by Crippen LogP contribution is 2.39. The van der Waals surface area contributed by atoms with Crippen molar-refractivity contribution in [3.8, 4) is 5.75 Å². The molecule has 8 nitrogen and oxygen atoms in total. The van der Waals surface area contributed by atoms with Crippen molar-refractivity contribution in [1.82, 2.24) is 14.9 Å². The van der Waals surface area contributed by atoms with Crippen molar-refractivity contribution in [3.63, 3.8) is 0 Å². The van der Waals surface area contributed by atoms with Gasteiger partial charge in [-0.15, -0.1) is 0 Å². The van der Waals surface area contributed by atoms with Gasteiger partial charge in [-0.25, -0.2) is 14.4 Å². The summed E-state index contributed by atoms with van der Waals surface area (Å²) in [6, 6.07) is 8.88. The maximum atomic E-state index is 14.9. The molecule has 1 aliphatic rings. The standard InChI is InChI=1S/C27H34FN5O3/c1-5-19-7-6-8-21(25(19)28)31-26-20-13-23(24(36-4)14-22(20)29-17-30-26)33(18-34)15-27(16-35-3)9-11-32(2)12-10-27/h6-8,13-14,17-18H,5,9-12,15-16H2,1-4H3,(H,29,30,31). The number of halogens is 1. The quantitative estimate of drug-likeness (QED) is 0.418. The molecule has 1 amide bonds. The molecule has 192 valence electrons. The second-order valence-corrected chi connectivity index (χ2v) is 9.49. The first-order chi connectivity index (χ1) is 17.4. The lowest BCUT2D eigenvalue weighted by Crippen LogP contribution is -2.47. The Hall–Kier alpha value is -3.30. The minimum atomic E-state index is -0.307. The molecule has 1 N–H and O–H groups in total. The predicted molar refractivity (Wildman–Crippen MR) is 140 cm³/mol. The Bertz CT molecular complexity index is 1210. The third kappa shape index (κ3) is 5.27. The number of methoxy groups -OCH3 is 2. The number of fused-ring (bicyclic) bond motifs is 1. The van der Waals surface area contributed by atoms with Gasteiger partial charge >= 0.3 is 0 Å². The van der Waals surface area contributed by atoms with E-state index in [0.29, 0.717) is 59.0 Å². The van der Waals surface area contributed by atoms with Crippen LogP contribution in [-0.4, -0.2) is 68.8 Å². The van der Waals surface area contributed by atoms with Gasteiger partial charge in [0.1, 0.15) is 23.7 Å². The van der Waals surface area contributed by atoms with Gasteiger partial charge < -0.3 is 24.6 Å². The summed E-state index contributed by atoms with van der Waals surface area (Å²) in [4.78, 5) is 25.1. The first kappa shape index (κ1) is 25.8. The lowest BCUT2D eigenvalue weighted by molar-refractivity contribution is -0.108. The van der Waals surface area contributed by atoms with Crippen LogP contribution >= 0.6 is 0 Å². The molecule has 0 atom stereocenters. The number of carbonyl (C=O) groups is 1. The molecule has 36 heavy (non-hydrogen) atoms. The first-order valence-electron chi connectivity index (χ1n) is 12.2. The number of amides is 1. The van der Waals surface area contributed by atoms with Gasteiger partial charge in [-0.2, -0.15) is 0 Å². The second kappa shape index (κ2) is 11.2. The van der Waals surface area contributed by atoms with Gasteiger partial charge in [0.2, 0.25) is 6.41 Å². The molecule has 9 heteroatoms. The summed E-state index contributed by atoms with van der Waals surface area (Å²) in [7, 11) is 5.37. The zero-order chi connectivity index (χ0) is 25.7. The molecule has 1 aliphatic heterocycles. The van der Waals surface area contributed by atoms with Crippen molar-refractivity contribution < 1.29 is 18.7 Å². The van der Waals surface area contributed by atoms with E-state index >= 15 is 0 Å². The average Bonchev–Trinajstić information content (AvgIpc) is 2.90. The van der Waals surface area contributed by atoms with Crippen LogP contribution in [0.25, 0.3) is 10.9 Å². The minimum Gasteiger partial charge on any atom is -0.494 e. The summed E-state index contributed by atoms with van der Waals surface area (Å²) in [5.41, 5.74) is 2.02. The number of hydrogen-bond donors (Lipinski definition) is 1. The molecule has 0 aliphatic carbocycles. The van der Waals surface area contributed by atoms with E-state index in [4.69, 9.17) is 9.47 Å². The number of aryl methyl sites for hydroxylation is 1. The van der Waals surface area contributed by atoms with Crippen LogP contribution in [0.2, 0.25) is 0 Å². The van der Waals surface area contributed by atoms with E-state index in [9.17, 15) is 9.18 Å². The largest absolute Gasteiger partial charge is 0.494 e. The average molecular weight is 496 g/mol. The normalized spacial score (nSPS) is 15.6. The summed E-state index contributed by atoms with van der Waals surface area (Å²) in [6.45, 7) is 4.84. The summed E-state index contributed by atoms with van der Waals surface area (Å²) >= 11 is 0. The highest BCUT2D eigenvalue weighted by atomic mass is 19.1. The predicted octanol–water partition coefficient (Wildman–Crippen LogP) is 4.40. The molecule has 1 saturated heterocycles. The van der Waals surface area contributed by atoms with Gasteiger partial charge in [0.25, 0.3) is 0 Å². The second-order valence-electron chi connectivity index (χ2n) is 9.49. The van der Waals surface area contributed by atoms with Crippen LogP contribution in [0, 0.1) is 11.2 Å². The van der Waals surface area contributed by atoms with Crippen LogP contribution in [0.15, 0.2) is 36.7 Å². The minimum absolute atomic E-state index is 0.167. The van der Waals surface area contributed by atoms with Crippen LogP contribution in [0.5, 0.6) is 5.75 Å². The van der Waals surface area contributed by atoms with Gasteiger partial charge in [-0.05, 0) is 57.1 Å². The molecular weight excluding hydrogens is 461 g/mol. The van der Waals surface area contributed by atoms with E-state index in [-0.39, 0.29) is 11.2 Å². The number of piperidine rings is 1. The topological polar surface area (TPSA) is 79.8 Å². The lowest BCUT2D eigenvalue weighted by atomic mass is 9.78. The summed E-state index contributed by atoms with van der Waals surface area (Å²) in [5, 5.41) is 3.78. The first-order valence-corrected chi connectivity index (χ1v) is 12.2. The third-order valence-electron chi connectivity index (χ3n) is 7.09. The molecule has 0 bridgehead atoms. The smallest absolute Gasteiger partial charge is 0.214 e. The van der Waals surface area contributed by atoms with Crippen molar-refractivity contribution in [2.75, 3.05) is 57.7 Å². The summed E-state index contributed by atoms with van der Waals surface area (Å²) < 4.78 is 26.2. The van der Waals surface area contributed by atoms with Gasteiger partial charge in [0, 0.05) is 30.5 Å². The zero-order valence-electron chi connectivity index (χ0n) is 21.4. The van der Waals surface area contributed by atoms with Crippen LogP contribution < -0.4 is 15.0 Å². The van der Waals surface area contributed by atoms with E-state index in [0.717, 1.165) is 32.3 Å². The Morgan fingerprint density at radius 2 is 2.00 bits per heavy atom. The number of nitrogens with one attached hydrogen (secondary N) is 1. The van der Waals surface area contributed by atoms with Crippen molar-refractivity contribution >= 4 is 34.5 Å². The highest BCUT2D eigenvalue weighted by Gasteiger charge is 2.36. The van der Waals surface area contributed by atoms with Crippen molar-refractivity contribution in [3.05, 3.63) is 48.0 Å². The number of carbonyl (C=O) groups excluding carboxylic acids is 1. The number of hydrogen-bond acceptors (Lipinski definition) is 7. The van der Waals surface area contributed by atoms with E-state index in [1.165, 1.54) is 6.33 Å². The number of benzene rings is 2. The van der Waals surface area contributed by atoms with Gasteiger partial charge in [-0.1, -0.05) is 19.1 Å². The number of anilines is 3. The molecule has 2 aromatic carbocycles. The van der Waals surface area contributed by atoms with Crippen molar-refractivity contribution in [1.29, 1.82) is 0 Å². The van der Waals surface area contributed by atoms with Crippen LogP contribution in [-0.2, 0) is 16.0 Å². The Morgan fingerprint density at radius 1 is 1.22 bits per heavy atom. The van der Waals surface area contributed by atoms with Gasteiger partial charge in [0.05, 0.1) is 30.6 Å². The number of ether oxygens (including phenoxy) is 2. The van der Waals surface area contributed by atoms with E-state index in [1.807, 2.05) is 19.1 Å². The van der Waals surface area contributed by atoms with Crippen molar-refractivity contribution in [2.45, 2.75) is 26.2 Å². The fourth-order valence-corrected chi connectivity index (χ4v) is 4.92. The molecular formula is C27H34FN5O3. The summed E-state index contributed by atoms with van der Waals surface area (Å²) in [5.74, 6) is 0.672. The Kier molecular flexibility index (Phi) is 8.01. The van der Waals surface area contributed by atoms with Crippen molar-refractivity contribution in [2.24, 2.45) is 5.41 Å². The highest BCUT2D eigenvalue weighted by molar-refractivity contribution is 5.97. The Balaban J connectivity index is 1.74. The molecule has 0 saturated carbocycles. The number of likely N-dealkylation sites (tertiary alicyclic amines) is 1. The van der Waals surface area contributed by atoms with E-state index in [1.54, 1.807) is 37.3 Å². The number of nitrogens with zero attached hydrogens (tertiary/aromatic N) is 4. The van der Waals surface area contributed by atoms with Gasteiger partial charge in [0.15, 0.2) is 0 Å². The number of aromatic nitrogens is 2. The van der Waals surface area contributed by atoms with Crippen LogP contribution in [0.1, 0.15) is 25.3 Å². The van der Waals surface area contributed by atoms with E-state index in [2.05, 4.69) is 27.2 Å². The molecule has 1 aromatic heterocycles. The third-order valence-corrected chi connectivity index (χ3v) is 7.09. The monoisotopic (exact) mass is 495 g/mol. The molecule has 3 aromatic rings. The molecule has 0 radical (unpaired) electrons. The molecule has 0 unspecified atom stereocenters. The SMILES string of the molecule is CCc1cccc(Nc2ncnc3cc(OC)c(N(C=O)CC4(COC)CCN(C)CC4)cc23)c1F. The molecule has 1 fully saturated rings. The summed E-state index contributed by atoms with van der Waals surface area (Å²) in [6.07, 6.45) is 4.68. The molecule has 4 rings (SSSR count). The maximum absolute atomic E-state index is 14.9. The Morgan fingerprint density at radius 3 is 2.67 bits per heavy atom. The molecule has 0 spiro atoms. The fourth-order valence-electron chi connectivity index (χ4n) is 4.92. The fraction of sp³-hybridized carbons (Fsp3) is 0.444. The number of rotatable bonds is 10. The zero-order valence-corrected chi connectivity index (χ0v) is 21.4. The maximum Gasteiger partial charge on any atom is 0.214 e. The van der Waals surface area contributed by atoms with Crippen LogP contribution in [0.3, 0.4) is 0 Å². The Labute approximate surface area is 211 Å². The lowest BCUT2D eigenvalue weighted by Gasteiger charge is -2.42.